The smallest absolute Gasteiger partial charge is 0.309 e. The van der Waals surface area contributed by atoms with Crippen LogP contribution >= 0.6 is 0 Å². The predicted octanol–water partition coefficient (Wildman–Crippen LogP) is 1.59. The third-order valence-electron chi connectivity index (χ3n) is 3.08. The molecule has 1 aliphatic carbocycles. The number of rotatable bonds is 3. The standard InChI is InChI=1S/C11H20O3/c1-5-14-10(13)7(2)8-6-11(3,4)9(8)12/h7-9,12H,5-6H2,1-4H3/t7-,8-,9-/m0/s1/i7D. The minimum atomic E-state index is -1.33. The van der Waals surface area contributed by atoms with Crippen molar-refractivity contribution >= 4 is 5.97 Å². The van der Waals surface area contributed by atoms with Gasteiger partial charge in [0.05, 0.1) is 18.6 Å². The topological polar surface area (TPSA) is 46.5 Å². The van der Waals surface area contributed by atoms with E-state index in [0.717, 1.165) is 0 Å². The molecule has 1 fully saturated rings. The van der Waals surface area contributed by atoms with Gasteiger partial charge in [0.2, 0.25) is 0 Å². The first-order chi connectivity index (χ1) is 6.73. The van der Waals surface area contributed by atoms with Gasteiger partial charge in [-0.25, -0.2) is 0 Å². The van der Waals surface area contributed by atoms with E-state index in [-0.39, 0.29) is 17.9 Å². The highest BCUT2D eigenvalue weighted by molar-refractivity contribution is 5.72. The van der Waals surface area contributed by atoms with Gasteiger partial charge in [-0.3, -0.25) is 4.79 Å². The van der Waals surface area contributed by atoms with Crippen molar-refractivity contribution in [2.75, 3.05) is 6.61 Å². The number of hydrogen-bond acceptors (Lipinski definition) is 3. The predicted molar refractivity (Wildman–Crippen MR) is 53.7 cm³/mol. The van der Waals surface area contributed by atoms with Gasteiger partial charge in [0.15, 0.2) is 0 Å². The maximum atomic E-state index is 11.5. The van der Waals surface area contributed by atoms with Gasteiger partial charge in [-0.05, 0) is 24.7 Å². The van der Waals surface area contributed by atoms with E-state index in [4.69, 9.17) is 6.11 Å². The molecule has 0 aliphatic heterocycles. The zero-order chi connectivity index (χ0) is 11.9. The number of ether oxygens (including phenoxy) is 1. The minimum absolute atomic E-state index is 0.181. The Balaban J connectivity index is 2.68. The fraction of sp³-hybridized carbons (Fsp3) is 0.909. The molecule has 0 saturated heterocycles. The van der Waals surface area contributed by atoms with Crippen LogP contribution in [0, 0.1) is 17.2 Å². The molecule has 3 atom stereocenters. The SMILES string of the molecule is [2H][C@@](C)(C(=O)OCC)[C@@H]1CC(C)(C)[C@H]1O. The molecule has 3 heteroatoms. The average Bonchev–Trinajstić information content (AvgIpc) is 2.14. The van der Waals surface area contributed by atoms with E-state index in [1.54, 1.807) is 6.92 Å². The van der Waals surface area contributed by atoms with E-state index < -0.39 is 18.0 Å². The van der Waals surface area contributed by atoms with Crippen molar-refractivity contribution in [2.45, 2.75) is 40.2 Å². The molecule has 1 saturated carbocycles. The summed E-state index contributed by atoms with van der Waals surface area (Å²) >= 11 is 0. The van der Waals surface area contributed by atoms with E-state index in [2.05, 4.69) is 0 Å². The lowest BCUT2D eigenvalue weighted by Gasteiger charge is -2.50. The summed E-state index contributed by atoms with van der Waals surface area (Å²) in [5.74, 6) is -2.18. The quantitative estimate of drug-likeness (QED) is 0.705. The molecule has 1 rings (SSSR count). The third-order valence-corrected chi connectivity index (χ3v) is 3.08. The monoisotopic (exact) mass is 201 g/mol. The van der Waals surface area contributed by atoms with E-state index in [9.17, 15) is 9.90 Å². The Morgan fingerprint density at radius 2 is 2.36 bits per heavy atom. The zero-order valence-electron chi connectivity index (χ0n) is 10.3. The number of carbonyl (C=O) groups excluding carboxylic acids is 1. The molecular formula is C11H20O3. The van der Waals surface area contributed by atoms with Crippen LogP contribution in [0.3, 0.4) is 0 Å². The number of carbonyl (C=O) groups is 1. The Hall–Kier alpha value is -0.570. The van der Waals surface area contributed by atoms with Crippen LogP contribution in [-0.4, -0.2) is 23.8 Å². The number of hydrogen-bond donors (Lipinski definition) is 1. The molecule has 1 N–H and O–H groups in total. The van der Waals surface area contributed by atoms with Crippen molar-refractivity contribution in [3.8, 4) is 0 Å². The molecule has 14 heavy (non-hydrogen) atoms. The zero-order valence-corrected chi connectivity index (χ0v) is 9.33. The lowest BCUT2D eigenvalue weighted by Crippen LogP contribution is -2.52. The Labute approximate surface area is 86.9 Å². The summed E-state index contributed by atoms with van der Waals surface area (Å²) < 4.78 is 12.8. The van der Waals surface area contributed by atoms with Crippen LogP contribution in [0.5, 0.6) is 0 Å². The second-order valence-electron chi connectivity index (χ2n) is 4.65. The highest BCUT2D eigenvalue weighted by Crippen LogP contribution is 2.48. The van der Waals surface area contributed by atoms with Gasteiger partial charge < -0.3 is 9.84 Å². The molecule has 0 amide bonds. The molecule has 0 aromatic rings. The highest BCUT2D eigenvalue weighted by Gasteiger charge is 2.50. The van der Waals surface area contributed by atoms with Crippen molar-refractivity contribution in [3.05, 3.63) is 0 Å². The van der Waals surface area contributed by atoms with E-state index >= 15 is 0 Å². The van der Waals surface area contributed by atoms with Crippen LogP contribution in [0.25, 0.3) is 0 Å². The lowest BCUT2D eigenvalue weighted by atomic mass is 9.58. The van der Waals surface area contributed by atoms with E-state index in [1.165, 1.54) is 6.92 Å². The molecule has 0 bridgehead atoms. The van der Waals surface area contributed by atoms with E-state index in [0.29, 0.717) is 6.42 Å². The number of esters is 1. The van der Waals surface area contributed by atoms with Crippen molar-refractivity contribution in [2.24, 2.45) is 17.2 Å². The fourth-order valence-corrected chi connectivity index (χ4v) is 1.97. The number of aliphatic hydroxyl groups is 1. The average molecular weight is 201 g/mol. The molecule has 0 heterocycles. The van der Waals surface area contributed by atoms with Crippen molar-refractivity contribution < 1.29 is 16.0 Å². The van der Waals surface area contributed by atoms with Crippen LogP contribution in [0.15, 0.2) is 0 Å². The summed E-state index contributed by atoms with van der Waals surface area (Å²) in [4.78, 5) is 11.5. The Kier molecular flexibility index (Phi) is 2.77. The third kappa shape index (κ3) is 1.92. The second-order valence-corrected chi connectivity index (χ2v) is 4.65. The van der Waals surface area contributed by atoms with Gasteiger partial charge in [0.1, 0.15) is 0 Å². The van der Waals surface area contributed by atoms with Crippen LogP contribution in [0.1, 0.15) is 35.5 Å². The molecule has 0 radical (unpaired) electrons. The molecule has 0 aromatic carbocycles. The summed E-state index contributed by atoms with van der Waals surface area (Å²) in [5.41, 5.74) is -0.181. The van der Waals surface area contributed by atoms with Crippen LogP contribution in [-0.2, 0) is 9.53 Å². The normalized spacial score (nSPS) is 35.1. The Bertz CT molecular complexity index is 261. The maximum Gasteiger partial charge on any atom is 0.309 e. The van der Waals surface area contributed by atoms with Crippen molar-refractivity contribution in [1.82, 2.24) is 0 Å². The molecule has 0 aromatic heterocycles. The summed E-state index contributed by atoms with van der Waals surface area (Å²) in [6.45, 7) is 7.40. The van der Waals surface area contributed by atoms with Crippen LogP contribution in [0.4, 0.5) is 0 Å². The maximum absolute atomic E-state index is 11.5. The summed E-state index contributed by atoms with van der Waals surface area (Å²) in [6.07, 6.45) is 0.0943. The minimum Gasteiger partial charge on any atom is -0.466 e. The summed E-state index contributed by atoms with van der Waals surface area (Å²) in [5, 5.41) is 9.86. The molecular weight excluding hydrogens is 180 g/mol. The van der Waals surface area contributed by atoms with Gasteiger partial charge >= 0.3 is 5.97 Å². The highest BCUT2D eigenvalue weighted by atomic mass is 16.5. The van der Waals surface area contributed by atoms with Gasteiger partial charge in [-0.15, -0.1) is 0 Å². The van der Waals surface area contributed by atoms with Crippen LogP contribution < -0.4 is 0 Å². The molecule has 0 spiro atoms. The summed E-state index contributed by atoms with van der Waals surface area (Å²) in [6, 6.07) is 0. The van der Waals surface area contributed by atoms with Crippen LogP contribution in [0.2, 0.25) is 0 Å². The molecule has 3 nitrogen and oxygen atoms in total. The first-order valence-electron chi connectivity index (χ1n) is 5.58. The van der Waals surface area contributed by atoms with Gasteiger partial charge in [0.25, 0.3) is 0 Å². The first-order valence-corrected chi connectivity index (χ1v) is 5.08. The lowest BCUT2D eigenvalue weighted by molar-refractivity contribution is -0.165. The van der Waals surface area contributed by atoms with E-state index in [1.807, 2.05) is 13.8 Å². The largest absolute Gasteiger partial charge is 0.466 e. The first kappa shape index (κ1) is 9.97. The number of aliphatic hydroxyl groups excluding tert-OH is 1. The van der Waals surface area contributed by atoms with Crippen molar-refractivity contribution in [3.63, 3.8) is 0 Å². The van der Waals surface area contributed by atoms with Gasteiger partial charge in [-0.1, -0.05) is 20.8 Å². The molecule has 1 aliphatic rings. The molecule has 0 unspecified atom stereocenters. The van der Waals surface area contributed by atoms with Gasteiger partial charge in [0, 0.05) is 1.37 Å². The summed E-state index contributed by atoms with van der Waals surface area (Å²) in [7, 11) is 0. The van der Waals surface area contributed by atoms with Gasteiger partial charge in [-0.2, -0.15) is 0 Å². The van der Waals surface area contributed by atoms with Crippen molar-refractivity contribution in [1.29, 1.82) is 0 Å². The fourth-order valence-electron chi connectivity index (χ4n) is 1.97. The Morgan fingerprint density at radius 3 is 2.71 bits per heavy atom. The Morgan fingerprint density at radius 1 is 1.79 bits per heavy atom. The molecule has 82 valence electrons. The second kappa shape index (κ2) is 3.89.